The molecule has 1 fully saturated rings. The van der Waals surface area contributed by atoms with Gasteiger partial charge in [0.15, 0.2) is 0 Å². The highest BCUT2D eigenvalue weighted by Gasteiger charge is 2.26. The average Bonchev–Trinajstić information content (AvgIpc) is 2.36. The zero-order valence-electron chi connectivity index (χ0n) is 11.2. The fourth-order valence-corrected chi connectivity index (χ4v) is 3.21. The van der Waals surface area contributed by atoms with Crippen molar-refractivity contribution in [1.29, 1.82) is 0 Å². The number of nitrogens with one attached hydrogen (secondary N) is 1. The molecule has 2 nitrogen and oxygen atoms in total. The zero-order chi connectivity index (χ0) is 14.0. The molecule has 0 spiro atoms. The lowest BCUT2D eigenvalue weighted by Crippen LogP contribution is -2.39. The summed E-state index contributed by atoms with van der Waals surface area (Å²) < 4.78 is 0.784. The minimum absolute atomic E-state index is 0.0406. The normalized spacial score (nSPS) is 27.1. The van der Waals surface area contributed by atoms with E-state index in [0.717, 1.165) is 23.2 Å². The van der Waals surface area contributed by atoms with Crippen molar-refractivity contribution in [3.8, 4) is 0 Å². The highest BCUT2D eigenvalue weighted by atomic mass is 79.9. The molecule has 2 rings (SSSR count). The second-order valence-corrected chi connectivity index (χ2v) is 6.85. The van der Waals surface area contributed by atoms with Crippen LogP contribution in [-0.4, -0.2) is 11.9 Å². The molecule has 1 aromatic carbocycles. The summed E-state index contributed by atoms with van der Waals surface area (Å²) in [4.78, 5) is 12.3. The first kappa shape index (κ1) is 14.9. The van der Waals surface area contributed by atoms with Crippen molar-refractivity contribution in [3.05, 3.63) is 33.3 Å². The zero-order valence-corrected chi connectivity index (χ0v) is 13.6. The molecule has 1 aromatic rings. The molecule has 0 aromatic heterocycles. The molecule has 104 valence electrons. The maximum atomic E-state index is 12.3. The molecule has 1 saturated carbocycles. The van der Waals surface area contributed by atoms with Crippen molar-refractivity contribution in [3.63, 3.8) is 0 Å². The monoisotopic (exact) mass is 343 g/mol. The third-order valence-electron chi connectivity index (χ3n) is 4.11. The molecule has 1 aliphatic rings. The first-order chi connectivity index (χ1) is 8.97. The summed E-state index contributed by atoms with van der Waals surface area (Å²) in [5, 5.41) is 3.71. The molecule has 0 radical (unpaired) electrons. The fourth-order valence-electron chi connectivity index (χ4n) is 2.61. The van der Waals surface area contributed by atoms with Gasteiger partial charge in [0.2, 0.25) is 0 Å². The maximum Gasteiger partial charge on any atom is 0.252 e. The number of hydrogen-bond acceptors (Lipinski definition) is 1. The van der Waals surface area contributed by atoms with Gasteiger partial charge in [-0.1, -0.05) is 25.4 Å². The number of amides is 1. The van der Waals surface area contributed by atoms with Crippen LogP contribution in [0.5, 0.6) is 0 Å². The van der Waals surface area contributed by atoms with Crippen molar-refractivity contribution < 1.29 is 4.79 Å². The SMILES string of the molecule is CC1CCC(NC(=O)c2cc(Cl)ccc2Br)CC1C. The Morgan fingerprint density at radius 3 is 2.74 bits per heavy atom. The van der Waals surface area contributed by atoms with Gasteiger partial charge in [-0.3, -0.25) is 4.79 Å². The predicted octanol–water partition coefficient (Wildman–Crippen LogP) is 4.66. The van der Waals surface area contributed by atoms with E-state index in [0.29, 0.717) is 16.5 Å². The average molecular weight is 345 g/mol. The van der Waals surface area contributed by atoms with Crippen molar-refractivity contribution in [2.45, 2.75) is 39.2 Å². The summed E-state index contributed by atoms with van der Waals surface area (Å²) in [7, 11) is 0. The molecule has 0 aliphatic heterocycles. The van der Waals surface area contributed by atoms with Crippen LogP contribution in [0.15, 0.2) is 22.7 Å². The van der Waals surface area contributed by atoms with Crippen molar-refractivity contribution in [2.24, 2.45) is 11.8 Å². The first-order valence-electron chi connectivity index (χ1n) is 6.73. The van der Waals surface area contributed by atoms with E-state index in [1.807, 2.05) is 6.07 Å². The topological polar surface area (TPSA) is 29.1 Å². The Morgan fingerprint density at radius 1 is 1.32 bits per heavy atom. The highest BCUT2D eigenvalue weighted by Crippen LogP contribution is 2.30. The Bertz CT molecular complexity index is 477. The Balaban J connectivity index is 2.03. The number of halogens is 2. The molecule has 3 atom stereocenters. The fraction of sp³-hybridized carbons (Fsp3) is 0.533. The first-order valence-corrected chi connectivity index (χ1v) is 7.90. The van der Waals surface area contributed by atoms with Crippen LogP contribution in [0.3, 0.4) is 0 Å². The third kappa shape index (κ3) is 3.73. The van der Waals surface area contributed by atoms with E-state index in [-0.39, 0.29) is 11.9 Å². The summed E-state index contributed by atoms with van der Waals surface area (Å²) in [5.74, 6) is 1.38. The van der Waals surface area contributed by atoms with Crippen LogP contribution in [0, 0.1) is 11.8 Å². The third-order valence-corrected chi connectivity index (χ3v) is 5.03. The molecule has 3 unspecified atom stereocenters. The van der Waals surface area contributed by atoms with Crippen molar-refractivity contribution in [1.82, 2.24) is 5.32 Å². The molecular formula is C15H19BrClNO. The van der Waals surface area contributed by atoms with Gasteiger partial charge in [0.25, 0.3) is 5.91 Å². The number of carbonyl (C=O) groups excluding carboxylic acids is 1. The van der Waals surface area contributed by atoms with Crippen LogP contribution in [0.25, 0.3) is 0 Å². The second kappa shape index (κ2) is 6.27. The summed E-state index contributed by atoms with van der Waals surface area (Å²) in [6.45, 7) is 4.55. The quantitative estimate of drug-likeness (QED) is 0.831. The van der Waals surface area contributed by atoms with Gasteiger partial charge in [0, 0.05) is 15.5 Å². The number of rotatable bonds is 2. The van der Waals surface area contributed by atoms with Gasteiger partial charge in [-0.05, 0) is 65.2 Å². The Morgan fingerprint density at radius 2 is 2.05 bits per heavy atom. The van der Waals surface area contributed by atoms with Crippen molar-refractivity contribution >= 4 is 33.4 Å². The van der Waals surface area contributed by atoms with Gasteiger partial charge in [0.05, 0.1) is 5.56 Å². The lowest BCUT2D eigenvalue weighted by Gasteiger charge is -2.32. The lowest BCUT2D eigenvalue weighted by atomic mass is 9.79. The summed E-state index contributed by atoms with van der Waals surface area (Å²) in [5.41, 5.74) is 0.610. The molecule has 1 aliphatic carbocycles. The minimum Gasteiger partial charge on any atom is -0.349 e. The van der Waals surface area contributed by atoms with Crippen LogP contribution in [0.1, 0.15) is 43.5 Å². The van der Waals surface area contributed by atoms with Gasteiger partial charge >= 0.3 is 0 Å². The molecule has 1 amide bonds. The molecule has 0 saturated heterocycles. The van der Waals surface area contributed by atoms with Crippen LogP contribution < -0.4 is 5.32 Å². The minimum atomic E-state index is -0.0406. The summed E-state index contributed by atoms with van der Waals surface area (Å²) in [6.07, 6.45) is 3.31. The molecule has 0 bridgehead atoms. The van der Waals surface area contributed by atoms with E-state index < -0.39 is 0 Å². The van der Waals surface area contributed by atoms with E-state index in [9.17, 15) is 4.79 Å². The van der Waals surface area contributed by atoms with Gasteiger partial charge < -0.3 is 5.32 Å². The standard InChI is InChI=1S/C15H19BrClNO/c1-9-3-5-12(7-10(9)2)18-15(19)13-8-11(17)4-6-14(13)16/h4,6,8-10,12H,3,5,7H2,1-2H3,(H,18,19). The van der Waals surface area contributed by atoms with E-state index in [2.05, 4.69) is 35.1 Å². The number of carbonyl (C=O) groups is 1. The largest absolute Gasteiger partial charge is 0.349 e. The maximum absolute atomic E-state index is 12.3. The second-order valence-electron chi connectivity index (χ2n) is 5.56. The van der Waals surface area contributed by atoms with Gasteiger partial charge in [-0.2, -0.15) is 0 Å². The van der Waals surface area contributed by atoms with Crippen LogP contribution >= 0.6 is 27.5 Å². The Hall–Kier alpha value is -0.540. The molecule has 1 N–H and O–H groups in total. The van der Waals surface area contributed by atoms with Gasteiger partial charge in [-0.25, -0.2) is 0 Å². The molecular weight excluding hydrogens is 326 g/mol. The summed E-state index contributed by atoms with van der Waals surface area (Å²) in [6, 6.07) is 5.57. The van der Waals surface area contributed by atoms with E-state index in [1.165, 1.54) is 6.42 Å². The molecule has 0 heterocycles. The molecule has 4 heteroatoms. The van der Waals surface area contributed by atoms with Crippen LogP contribution in [0.4, 0.5) is 0 Å². The lowest BCUT2D eigenvalue weighted by molar-refractivity contribution is 0.0910. The van der Waals surface area contributed by atoms with Gasteiger partial charge in [0.1, 0.15) is 0 Å². The molecule has 19 heavy (non-hydrogen) atoms. The van der Waals surface area contributed by atoms with E-state index in [4.69, 9.17) is 11.6 Å². The Kier molecular flexibility index (Phi) is 4.91. The number of hydrogen-bond donors (Lipinski definition) is 1. The number of benzene rings is 1. The van der Waals surface area contributed by atoms with Crippen LogP contribution in [-0.2, 0) is 0 Å². The summed E-state index contributed by atoms with van der Waals surface area (Å²) >= 11 is 9.34. The van der Waals surface area contributed by atoms with E-state index in [1.54, 1.807) is 12.1 Å². The van der Waals surface area contributed by atoms with E-state index >= 15 is 0 Å². The van der Waals surface area contributed by atoms with Gasteiger partial charge in [-0.15, -0.1) is 0 Å². The highest BCUT2D eigenvalue weighted by molar-refractivity contribution is 9.10. The van der Waals surface area contributed by atoms with Crippen LogP contribution in [0.2, 0.25) is 5.02 Å². The Labute approximate surface area is 128 Å². The smallest absolute Gasteiger partial charge is 0.252 e. The van der Waals surface area contributed by atoms with Crippen molar-refractivity contribution in [2.75, 3.05) is 0 Å². The predicted molar refractivity (Wildman–Crippen MR) is 82.6 cm³/mol.